The van der Waals surface area contributed by atoms with E-state index in [1.165, 1.54) is 0 Å². The van der Waals surface area contributed by atoms with Gasteiger partial charge in [-0.05, 0) is 45.5 Å². The van der Waals surface area contributed by atoms with Crippen LogP contribution in [0.2, 0.25) is 0 Å². The highest BCUT2D eigenvalue weighted by Crippen LogP contribution is 2.19. The van der Waals surface area contributed by atoms with Crippen molar-refractivity contribution in [3.8, 4) is 5.69 Å². The number of carbonyl (C=O) groups excluding carboxylic acids is 1. The molecule has 3 rings (SSSR count). The summed E-state index contributed by atoms with van der Waals surface area (Å²) < 4.78 is 1.97. The zero-order valence-electron chi connectivity index (χ0n) is 17.0. The van der Waals surface area contributed by atoms with Crippen molar-refractivity contribution in [2.45, 2.75) is 33.4 Å². The smallest absolute Gasteiger partial charge is 0.234 e. The number of amides is 1. The molecule has 0 aliphatic rings. The van der Waals surface area contributed by atoms with Crippen LogP contribution in [0.25, 0.3) is 5.69 Å². The van der Waals surface area contributed by atoms with E-state index < -0.39 is 0 Å². The van der Waals surface area contributed by atoms with Crippen LogP contribution in [0.4, 0.5) is 0 Å². The van der Waals surface area contributed by atoms with Gasteiger partial charge in [0, 0.05) is 17.8 Å². The fourth-order valence-corrected chi connectivity index (χ4v) is 3.41. The second-order valence-corrected chi connectivity index (χ2v) is 7.27. The highest BCUT2D eigenvalue weighted by molar-refractivity contribution is 5.78. The number of nitrogens with one attached hydrogen (secondary N) is 1. The number of aromatic nitrogens is 2. The van der Waals surface area contributed by atoms with Crippen LogP contribution < -0.4 is 5.32 Å². The Labute approximate surface area is 167 Å². The Hall–Kier alpha value is -2.92. The molecule has 28 heavy (non-hydrogen) atoms. The molecule has 0 radical (unpaired) electrons. The summed E-state index contributed by atoms with van der Waals surface area (Å²) in [6.07, 6.45) is 0. The first-order valence-electron chi connectivity index (χ1n) is 9.59. The highest BCUT2D eigenvalue weighted by atomic mass is 16.2. The molecular weight excluding hydrogens is 348 g/mol. The lowest BCUT2D eigenvalue weighted by atomic mass is 10.1. The van der Waals surface area contributed by atoms with Gasteiger partial charge in [0.2, 0.25) is 5.91 Å². The van der Waals surface area contributed by atoms with Crippen LogP contribution in [-0.4, -0.2) is 34.2 Å². The molecule has 3 aromatic rings. The third-order valence-corrected chi connectivity index (χ3v) is 4.96. The van der Waals surface area contributed by atoms with E-state index in [0.717, 1.165) is 28.2 Å². The highest BCUT2D eigenvalue weighted by Gasteiger charge is 2.17. The van der Waals surface area contributed by atoms with Crippen molar-refractivity contribution in [3.63, 3.8) is 0 Å². The average Bonchev–Trinajstić information content (AvgIpc) is 2.97. The van der Waals surface area contributed by atoms with Crippen LogP contribution in [-0.2, 0) is 11.3 Å². The lowest BCUT2D eigenvalue weighted by Gasteiger charge is -2.19. The number of hydrogen-bond acceptors (Lipinski definition) is 3. The van der Waals surface area contributed by atoms with Gasteiger partial charge < -0.3 is 5.32 Å². The SMILES string of the molecule is Cc1nn(-c2ccccc2)c(C)c1CN(C)CC(=O)NC(C)c1ccccc1. The fourth-order valence-electron chi connectivity index (χ4n) is 3.41. The minimum absolute atomic E-state index is 0.00796. The summed E-state index contributed by atoms with van der Waals surface area (Å²) in [7, 11) is 1.96. The number of benzene rings is 2. The van der Waals surface area contributed by atoms with Crippen LogP contribution in [0, 0.1) is 13.8 Å². The van der Waals surface area contributed by atoms with Crippen LogP contribution in [0.1, 0.15) is 35.5 Å². The lowest BCUT2D eigenvalue weighted by molar-refractivity contribution is -0.122. The second kappa shape index (κ2) is 8.85. The summed E-state index contributed by atoms with van der Waals surface area (Å²) in [5, 5.41) is 7.76. The van der Waals surface area contributed by atoms with Crippen molar-refractivity contribution in [2.24, 2.45) is 0 Å². The van der Waals surface area contributed by atoms with E-state index in [1.807, 2.05) is 91.1 Å². The van der Waals surface area contributed by atoms with Gasteiger partial charge in [-0.2, -0.15) is 5.10 Å². The van der Waals surface area contributed by atoms with Gasteiger partial charge >= 0.3 is 0 Å². The maximum Gasteiger partial charge on any atom is 0.234 e. The predicted molar refractivity (Wildman–Crippen MR) is 112 cm³/mol. The number of para-hydroxylation sites is 1. The van der Waals surface area contributed by atoms with Crippen LogP contribution in [0.5, 0.6) is 0 Å². The molecule has 0 aliphatic heterocycles. The van der Waals surface area contributed by atoms with Gasteiger partial charge in [-0.3, -0.25) is 9.69 Å². The normalized spacial score (nSPS) is 12.2. The van der Waals surface area contributed by atoms with Crippen LogP contribution in [0.15, 0.2) is 60.7 Å². The summed E-state index contributed by atoms with van der Waals surface area (Å²) in [6.45, 7) is 7.12. The Morgan fingerprint density at radius 2 is 1.68 bits per heavy atom. The minimum atomic E-state index is -0.00796. The molecule has 146 valence electrons. The summed E-state index contributed by atoms with van der Waals surface area (Å²) in [5.74, 6) is 0.0182. The Morgan fingerprint density at radius 1 is 1.07 bits per heavy atom. The molecule has 1 amide bonds. The Bertz CT molecular complexity index is 919. The van der Waals surface area contributed by atoms with Crippen molar-refractivity contribution >= 4 is 5.91 Å². The van der Waals surface area contributed by atoms with Gasteiger partial charge in [0.15, 0.2) is 0 Å². The maximum atomic E-state index is 12.5. The van der Waals surface area contributed by atoms with Gasteiger partial charge in [0.05, 0.1) is 24.0 Å². The van der Waals surface area contributed by atoms with Crippen molar-refractivity contribution in [1.82, 2.24) is 20.0 Å². The monoisotopic (exact) mass is 376 g/mol. The third kappa shape index (κ3) is 4.67. The number of carbonyl (C=O) groups is 1. The van der Waals surface area contributed by atoms with E-state index in [-0.39, 0.29) is 11.9 Å². The molecule has 1 heterocycles. The molecule has 5 heteroatoms. The van der Waals surface area contributed by atoms with E-state index in [1.54, 1.807) is 0 Å². The summed E-state index contributed by atoms with van der Waals surface area (Å²) in [4.78, 5) is 14.5. The molecule has 5 nitrogen and oxygen atoms in total. The molecule has 1 atom stereocenters. The number of aryl methyl sites for hydroxylation is 1. The van der Waals surface area contributed by atoms with E-state index in [4.69, 9.17) is 5.10 Å². The standard InChI is InChI=1S/C23H28N4O/c1-17(20-11-7-5-8-12-20)24-23(28)16-26(4)15-22-18(2)25-27(19(22)3)21-13-9-6-10-14-21/h5-14,17H,15-16H2,1-4H3,(H,24,28). The van der Waals surface area contributed by atoms with Crippen LogP contribution >= 0.6 is 0 Å². The molecule has 0 bridgehead atoms. The van der Waals surface area contributed by atoms with E-state index in [0.29, 0.717) is 13.1 Å². The summed E-state index contributed by atoms with van der Waals surface area (Å²) >= 11 is 0. The molecule has 0 aliphatic carbocycles. The topological polar surface area (TPSA) is 50.2 Å². The van der Waals surface area contributed by atoms with Crippen LogP contribution in [0.3, 0.4) is 0 Å². The predicted octanol–water partition coefficient (Wildman–Crippen LogP) is 3.80. The molecule has 0 fully saturated rings. The van der Waals surface area contributed by atoms with Gasteiger partial charge in [-0.15, -0.1) is 0 Å². The molecule has 0 saturated carbocycles. The largest absolute Gasteiger partial charge is 0.348 e. The number of hydrogen-bond donors (Lipinski definition) is 1. The first-order valence-corrected chi connectivity index (χ1v) is 9.59. The van der Waals surface area contributed by atoms with E-state index in [9.17, 15) is 4.79 Å². The molecule has 0 saturated heterocycles. The number of likely N-dealkylation sites (N-methyl/N-ethyl adjacent to an activating group) is 1. The number of rotatable bonds is 7. The zero-order valence-corrected chi connectivity index (χ0v) is 17.0. The summed E-state index contributed by atoms with van der Waals surface area (Å²) in [6, 6.07) is 20.1. The lowest BCUT2D eigenvalue weighted by Crippen LogP contribution is -2.36. The van der Waals surface area contributed by atoms with Crippen molar-refractivity contribution in [2.75, 3.05) is 13.6 Å². The minimum Gasteiger partial charge on any atom is -0.348 e. The maximum absolute atomic E-state index is 12.5. The number of nitrogens with zero attached hydrogens (tertiary/aromatic N) is 3. The first kappa shape index (κ1) is 19.8. The average molecular weight is 377 g/mol. The van der Waals surface area contributed by atoms with E-state index >= 15 is 0 Å². The molecule has 2 aromatic carbocycles. The van der Waals surface area contributed by atoms with Crippen molar-refractivity contribution in [3.05, 3.63) is 83.2 Å². The fraction of sp³-hybridized carbons (Fsp3) is 0.304. The van der Waals surface area contributed by atoms with E-state index in [2.05, 4.69) is 12.2 Å². The van der Waals surface area contributed by atoms with Crippen molar-refractivity contribution in [1.29, 1.82) is 0 Å². The molecular formula is C23H28N4O. The van der Waals surface area contributed by atoms with Gasteiger partial charge in [-0.25, -0.2) is 4.68 Å². The van der Waals surface area contributed by atoms with Gasteiger partial charge in [0.1, 0.15) is 0 Å². The second-order valence-electron chi connectivity index (χ2n) is 7.27. The summed E-state index contributed by atoms with van der Waals surface area (Å²) in [5.41, 5.74) is 5.41. The van der Waals surface area contributed by atoms with Crippen molar-refractivity contribution < 1.29 is 4.79 Å². The first-order chi connectivity index (χ1) is 13.5. The van der Waals surface area contributed by atoms with Gasteiger partial charge in [0.25, 0.3) is 0 Å². The Balaban J connectivity index is 1.63. The Morgan fingerprint density at radius 3 is 2.32 bits per heavy atom. The van der Waals surface area contributed by atoms with Gasteiger partial charge in [-0.1, -0.05) is 48.5 Å². The molecule has 1 N–H and O–H groups in total. The molecule has 1 unspecified atom stereocenters. The Kier molecular flexibility index (Phi) is 6.26. The zero-order chi connectivity index (χ0) is 20.1. The molecule has 0 spiro atoms. The quantitative estimate of drug-likeness (QED) is 0.682. The third-order valence-electron chi connectivity index (χ3n) is 4.96. The molecule has 1 aromatic heterocycles.